The Balaban J connectivity index is 1.35. The first kappa shape index (κ1) is 22.1. The Kier molecular flexibility index (Phi) is 6.86. The number of hydrogen-bond acceptors (Lipinski definition) is 5. The summed E-state index contributed by atoms with van der Waals surface area (Å²) < 4.78 is 5.55. The molecule has 1 atom stereocenters. The number of carbonyl (C=O) groups excluding carboxylic acids is 3. The van der Waals surface area contributed by atoms with Crippen molar-refractivity contribution in [1.29, 1.82) is 0 Å². The van der Waals surface area contributed by atoms with Crippen LogP contribution in [0, 0.1) is 0 Å². The number of carbonyl (C=O) groups is 3. The highest BCUT2D eigenvalue weighted by atomic mass is 35.5. The average Bonchev–Trinajstić information content (AvgIpc) is 3.33. The van der Waals surface area contributed by atoms with Crippen LogP contribution in [0.1, 0.15) is 39.1 Å². The number of anilines is 1. The second-order valence-corrected chi connectivity index (χ2v) is 9.16. The van der Waals surface area contributed by atoms with Gasteiger partial charge in [-0.25, -0.2) is 0 Å². The van der Waals surface area contributed by atoms with Crippen LogP contribution < -0.4 is 5.32 Å². The molecule has 2 aromatic rings. The summed E-state index contributed by atoms with van der Waals surface area (Å²) in [6.45, 7) is 0.917. The zero-order valence-electron chi connectivity index (χ0n) is 16.5. The van der Waals surface area contributed by atoms with Crippen molar-refractivity contribution in [3.05, 3.63) is 63.1 Å². The Bertz CT molecular complexity index is 1020. The summed E-state index contributed by atoms with van der Waals surface area (Å²) in [7, 11) is 0. The van der Waals surface area contributed by atoms with E-state index in [1.54, 1.807) is 36.4 Å². The average molecular weight is 479 g/mol. The molecular formula is C22H20Cl2N2O4S. The fourth-order valence-electron chi connectivity index (χ4n) is 3.64. The Morgan fingerprint density at radius 3 is 2.58 bits per heavy atom. The van der Waals surface area contributed by atoms with E-state index < -0.39 is 0 Å². The van der Waals surface area contributed by atoms with Crippen molar-refractivity contribution in [3.63, 3.8) is 0 Å². The molecule has 9 heteroatoms. The van der Waals surface area contributed by atoms with Crippen molar-refractivity contribution in [1.82, 2.24) is 4.90 Å². The topological polar surface area (TPSA) is 75.7 Å². The summed E-state index contributed by atoms with van der Waals surface area (Å²) in [5.41, 5.74) is 1.91. The smallest absolute Gasteiger partial charge is 0.261 e. The molecule has 0 unspecified atom stereocenters. The molecule has 0 spiro atoms. The fraction of sp³-hybridized carbons (Fsp3) is 0.318. The second kappa shape index (κ2) is 9.61. The zero-order valence-corrected chi connectivity index (χ0v) is 18.9. The van der Waals surface area contributed by atoms with Gasteiger partial charge in [0, 0.05) is 28.1 Å². The Morgan fingerprint density at radius 2 is 1.87 bits per heavy atom. The lowest BCUT2D eigenvalue weighted by Gasteiger charge is -2.17. The van der Waals surface area contributed by atoms with Crippen LogP contribution in [0.3, 0.4) is 0 Å². The third-order valence-corrected chi connectivity index (χ3v) is 6.87. The molecule has 2 aromatic carbocycles. The number of halogens is 2. The zero-order chi connectivity index (χ0) is 22.0. The number of nitrogens with zero attached hydrogens (tertiary/aromatic N) is 1. The van der Waals surface area contributed by atoms with Crippen LogP contribution in [0.15, 0.2) is 36.4 Å². The number of imide groups is 1. The molecular weight excluding hydrogens is 459 g/mol. The van der Waals surface area contributed by atoms with Crippen molar-refractivity contribution >= 4 is 58.4 Å². The third-order valence-electron chi connectivity index (χ3n) is 5.21. The van der Waals surface area contributed by atoms with Crippen LogP contribution in [0.5, 0.6) is 0 Å². The van der Waals surface area contributed by atoms with Gasteiger partial charge in [-0.05, 0) is 48.7 Å². The fourth-order valence-corrected chi connectivity index (χ4v) is 5.20. The van der Waals surface area contributed by atoms with Crippen LogP contribution in [0.25, 0.3) is 0 Å². The minimum absolute atomic E-state index is 0.106. The quantitative estimate of drug-likeness (QED) is 0.586. The van der Waals surface area contributed by atoms with Gasteiger partial charge in [-0.15, -0.1) is 11.8 Å². The number of thioether (sulfide) groups is 1. The van der Waals surface area contributed by atoms with E-state index in [1.807, 2.05) is 0 Å². The van der Waals surface area contributed by atoms with E-state index in [0.29, 0.717) is 39.2 Å². The summed E-state index contributed by atoms with van der Waals surface area (Å²) in [4.78, 5) is 38.9. The maximum atomic E-state index is 12.7. The summed E-state index contributed by atoms with van der Waals surface area (Å²) >= 11 is 13.7. The van der Waals surface area contributed by atoms with Crippen molar-refractivity contribution in [2.75, 3.05) is 24.2 Å². The number of fused-ring (bicyclic) bond motifs is 1. The first-order chi connectivity index (χ1) is 14.9. The molecule has 0 saturated carbocycles. The first-order valence-corrected chi connectivity index (χ1v) is 11.8. The van der Waals surface area contributed by atoms with Gasteiger partial charge in [0.25, 0.3) is 11.8 Å². The molecule has 1 saturated heterocycles. The van der Waals surface area contributed by atoms with E-state index in [4.69, 9.17) is 27.9 Å². The predicted molar refractivity (Wildman–Crippen MR) is 122 cm³/mol. The number of rotatable bonds is 7. The largest absolute Gasteiger partial charge is 0.376 e. The Morgan fingerprint density at radius 1 is 1.13 bits per heavy atom. The Labute approximate surface area is 194 Å². The number of nitrogens with one attached hydrogen (secondary N) is 1. The highest BCUT2D eigenvalue weighted by Gasteiger charge is 2.37. The molecule has 0 radical (unpaired) electrons. The molecule has 2 aliphatic heterocycles. The van der Waals surface area contributed by atoms with E-state index in [9.17, 15) is 14.4 Å². The van der Waals surface area contributed by atoms with E-state index in [1.165, 1.54) is 16.7 Å². The molecule has 2 aliphatic rings. The van der Waals surface area contributed by atoms with Crippen LogP contribution >= 0.6 is 35.0 Å². The van der Waals surface area contributed by atoms with Gasteiger partial charge in [0.1, 0.15) is 0 Å². The van der Waals surface area contributed by atoms with Gasteiger partial charge in [0.15, 0.2) is 0 Å². The van der Waals surface area contributed by atoms with Gasteiger partial charge in [-0.2, -0.15) is 0 Å². The molecule has 4 rings (SSSR count). The van der Waals surface area contributed by atoms with Gasteiger partial charge < -0.3 is 10.1 Å². The summed E-state index contributed by atoms with van der Waals surface area (Å²) in [6.07, 6.45) is 1.67. The summed E-state index contributed by atoms with van der Waals surface area (Å²) in [5.74, 6) is -0.200. The highest BCUT2D eigenvalue weighted by molar-refractivity contribution is 7.99. The minimum Gasteiger partial charge on any atom is -0.376 e. The number of benzene rings is 2. The molecule has 1 N–H and O–H groups in total. The lowest BCUT2D eigenvalue weighted by Crippen LogP contribution is -2.36. The van der Waals surface area contributed by atoms with Crippen LogP contribution in [0.2, 0.25) is 10.0 Å². The standard InChI is InChI=1S/C22H20Cl2N2O4S/c23-18-4-1-5-19(24)17(18)11-31-12-20(27)25-13-6-7-15-16(9-13)22(29)26(21(15)28)10-14-3-2-8-30-14/h1,4-7,9,14H,2-3,8,10-12H2,(H,25,27)/t14-/m0/s1. The second-order valence-electron chi connectivity index (χ2n) is 7.36. The van der Waals surface area contributed by atoms with E-state index in [2.05, 4.69) is 5.32 Å². The molecule has 0 bridgehead atoms. The van der Waals surface area contributed by atoms with Crippen molar-refractivity contribution < 1.29 is 19.1 Å². The van der Waals surface area contributed by atoms with Gasteiger partial charge in [0.2, 0.25) is 5.91 Å². The molecule has 3 amide bonds. The minimum atomic E-state index is -0.352. The number of hydrogen-bond donors (Lipinski definition) is 1. The van der Waals surface area contributed by atoms with Gasteiger partial charge in [0.05, 0.1) is 29.5 Å². The molecule has 162 valence electrons. The van der Waals surface area contributed by atoms with Crippen molar-refractivity contribution in [2.45, 2.75) is 24.7 Å². The van der Waals surface area contributed by atoms with Gasteiger partial charge in [-0.1, -0.05) is 29.3 Å². The molecule has 0 aliphatic carbocycles. The van der Waals surface area contributed by atoms with Crippen molar-refractivity contribution in [2.24, 2.45) is 0 Å². The summed E-state index contributed by atoms with van der Waals surface area (Å²) in [6, 6.07) is 10.1. The molecule has 1 fully saturated rings. The maximum absolute atomic E-state index is 12.7. The molecule has 31 heavy (non-hydrogen) atoms. The predicted octanol–water partition coefficient (Wildman–Crippen LogP) is 4.64. The lowest BCUT2D eigenvalue weighted by molar-refractivity contribution is -0.113. The summed E-state index contributed by atoms with van der Waals surface area (Å²) in [5, 5.41) is 3.91. The number of amides is 3. The SMILES string of the molecule is O=C(CSCc1c(Cl)cccc1Cl)Nc1ccc2c(c1)C(=O)N(C[C@@H]1CCCO1)C2=O. The molecule has 6 nitrogen and oxygen atoms in total. The Hall–Kier alpha value is -2.06. The maximum Gasteiger partial charge on any atom is 0.261 e. The van der Waals surface area contributed by atoms with E-state index >= 15 is 0 Å². The highest BCUT2D eigenvalue weighted by Crippen LogP contribution is 2.29. The molecule has 0 aromatic heterocycles. The van der Waals surface area contributed by atoms with E-state index in [0.717, 1.165) is 18.4 Å². The molecule has 2 heterocycles. The van der Waals surface area contributed by atoms with Crippen molar-refractivity contribution in [3.8, 4) is 0 Å². The normalized spacial score (nSPS) is 17.9. The first-order valence-electron chi connectivity index (χ1n) is 9.86. The van der Waals surface area contributed by atoms with E-state index in [-0.39, 0.29) is 36.1 Å². The van der Waals surface area contributed by atoms with Crippen LogP contribution in [-0.2, 0) is 15.3 Å². The lowest BCUT2D eigenvalue weighted by atomic mass is 10.1. The monoisotopic (exact) mass is 478 g/mol. The van der Waals surface area contributed by atoms with Crippen LogP contribution in [0.4, 0.5) is 5.69 Å². The van der Waals surface area contributed by atoms with Gasteiger partial charge in [-0.3, -0.25) is 19.3 Å². The van der Waals surface area contributed by atoms with Crippen LogP contribution in [-0.4, -0.2) is 47.6 Å². The number of ether oxygens (including phenoxy) is 1. The van der Waals surface area contributed by atoms with Gasteiger partial charge >= 0.3 is 0 Å². The third kappa shape index (κ3) is 4.90.